The molecule has 0 aliphatic heterocycles. The number of halogens is 1. The van der Waals surface area contributed by atoms with Crippen molar-refractivity contribution in [3.63, 3.8) is 0 Å². The first-order valence-corrected chi connectivity index (χ1v) is 8.34. The number of nitrogens with zero attached hydrogens (tertiary/aromatic N) is 1. The Morgan fingerprint density at radius 3 is 2.55 bits per heavy atom. The van der Waals surface area contributed by atoms with Crippen LogP contribution in [0.25, 0.3) is 0 Å². The third-order valence-electron chi connectivity index (χ3n) is 3.01. The molecule has 0 saturated heterocycles. The van der Waals surface area contributed by atoms with E-state index in [0.717, 1.165) is 11.1 Å². The molecular weight excluding hydrogens is 340 g/mol. The molecule has 0 bridgehead atoms. The lowest BCUT2D eigenvalue weighted by Crippen LogP contribution is -2.24. The molecule has 0 unspecified atom stereocenters. The first-order valence-electron chi connectivity index (χ1n) is 6.06. The predicted octanol–water partition coefficient (Wildman–Crippen LogP) is 2.94. The average Bonchev–Trinajstić information content (AvgIpc) is 2.42. The highest BCUT2D eigenvalue weighted by Gasteiger charge is 2.18. The fourth-order valence-corrected chi connectivity index (χ4v) is 3.95. The van der Waals surface area contributed by atoms with Gasteiger partial charge in [0.1, 0.15) is 0 Å². The van der Waals surface area contributed by atoms with Gasteiger partial charge in [-0.25, -0.2) is 13.1 Å². The maximum absolute atomic E-state index is 12.3. The number of sulfonamides is 1. The lowest BCUT2D eigenvalue weighted by Gasteiger charge is -2.10. The quantitative estimate of drug-likeness (QED) is 0.917. The van der Waals surface area contributed by atoms with E-state index in [4.69, 9.17) is 0 Å². The maximum Gasteiger partial charge on any atom is 0.242 e. The molecule has 0 aliphatic rings. The Balaban J connectivity index is 2.25. The van der Waals surface area contributed by atoms with Gasteiger partial charge < -0.3 is 0 Å². The van der Waals surface area contributed by atoms with Crippen LogP contribution < -0.4 is 4.72 Å². The van der Waals surface area contributed by atoms with Gasteiger partial charge in [0.15, 0.2) is 0 Å². The third kappa shape index (κ3) is 3.45. The Morgan fingerprint density at radius 2 is 1.90 bits per heavy atom. The SMILES string of the molecule is Cc1cc(Br)c(S(=O)(=O)NCc2ccccn2)cc1C. The van der Waals surface area contributed by atoms with Gasteiger partial charge in [0.2, 0.25) is 10.0 Å². The van der Waals surface area contributed by atoms with Crippen LogP contribution in [0.5, 0.6) is 0 Å². The van der Waals surface area contributed by atoms with E-state index in [1.807, 2.05) is 26.0 Å². The first-order chi connectivity index (χ1) is 9.40. The van der Waals surface area contributed by atoms with Crippen molar-refractivity contribution in [1.29, 1.82) is 0 Å². The summed E-state index contributed by atoms with van der Waals surface area (Å²) < 4.78 is 27.8. The van der Waals surface area contributed by atoms with Gasteiger partial charge in [-0.1, -0.05) is 6.07 Å². The van der Waals surface area contributed by atoms with Crippen LogP contribution >= 0.6 is 15.9 Å². The molecule has 0 amide bonds. The lowest BCUT2D eigenvalue weighted by atomic mass is 10.1. The van der Waals surface area contributed by atoms with Crippen LogP contribution in [0.2, 0.25) is 0 Å². The fourth-order valence-electron chi connectivity index (χ4n) is 1.71. The minimum Gasteiger partial charge on any atom is -0.260 e. The number of aromatic nitrogens is 1. The van der Waals surface area contributed by atoms with E-state index in [0.29, 0.717) is 10.2 Å². The number of benzene rings is 1. The number of nitrogens with one attached hydrogen (secondary N) is 1. The molecule has 6 heteroatoms. The zero-order valence-electron chi connectivity index (χ0n) is 11.2. The molecule has 1 aromatic heterocycles. The Hall–Kier alpha value is -1.24. The lowest BCUT2D eigenvalue weighted by molar-refractivity contribution is 0.580. The van der Waals surface area contributed by atoms with Crippen LogP contribution in [0.3, 0.4) is 0 Å². The van der Waals surface area contributed by atoms with Crippen molar-refractivity contribution in [2.45, 2.75) is 25.3 Å². The van der Waals surface area contributed by atoms with E-state index in [2.05, 4.69) is 25.6 Å². The number of hydrogen-bond donors (Lipinski definition) is 1. The molecule has 20 heavy (non-hydrogen) atoms. The maximum atomic E-state index is 12.3. The number of aryl methyl sites for hydroxylation is 2. The van der Waals surface area contributed by atoms with Crippen LogP contribution in [-0.2, 0) is 16.6 Å². The van der Waals surface area contributed by atoms with E-state index < -0.39 is 10.0 Å². The molecule has 2 rings (SSSR count). The van der Waals surface area contributed by atoms with Gasteiger partial charge >= 0.3 is 0 Å². The summed E-state index contributed by atoms with van der Waals surface area (Å²) >= 11 is 3.31. The van der Waals surface area contributed by atoms with E-state index in [9.17, 15) is 8.42 Å². The molecule has 1 N–H and O–H groups in total. The summed E-state index contributed by atoms with van der Waals surface area (Å²) in [4.78, 5) is 4.34. The van der Waals surface area contributed by atoms with Crippen molar-refractivity contribution >= 4 is 26.0 Å². The molecule has 4 nitrogen and oxygen atoms in total. The monoisotopic (exact) mass is 354 g/mol. The largest absolute Gasteiger partial charge is 0.260 e. The zero-order chi connectivity index (χ0) is 14.8. The molecule has 1 aromatic carbocycles. The molecule has 106 valence electrons. The molecule has 0 radical (unpaired) electrons. The Bertz CT molecular complexity index is 715. The van der Waals surface area contributed by atoms with Gasteiger partial charge in [-0.3, -0.25) is 4.98 Å². The molecular formula is C14H15BrN2O2S. The summed E-state index contributed by atoms with van der Waals surface area (Å²) in [7, 11) is -3.57. The van der Waals surface area contributed by atoms with E-state index in [-0.39, 0.29) is 11.4 Å². The highest BCUT2D eigenvalue weighted by molar-refractivity contribution is 9.10. The molecule has 0 spiro atoms. The van der Waals surface area contributed by atoms with Gasteiger partial charge in [0.05, 0.1) is 17.1 Å². The van der Waals surface area contributed by atoms with Gasteiger partial charge in [0.25, 0.3) is 0 Å². The summed E-state index contributed by atoms with van der Waals surface area (Å²) in [5.74, 6) is 0. The zero-order valence-corrected chi connectivity index (χ0v) is 13.6. The summed E-state index contributed by atoms with van der Waals surface area (Å²) in [5.41, 5.74) is 2.66. The molecule has 0 fully saturated rings. The van der Waals surface area contributed by atoms with Gasteiger partial charge in [-0.15, -0.1) is 0 Å². The standard InChI is InChI=1S/C14H15BrN2O2S/c1-10-7-13(15)14(8-11(10)2)20(18,19)17-9-12-5-3-4-6-16-12/h3-8,17H,9H2,1-2H3. The number of rotatable bonds is 4. The Labute approximate surface area is 127 Å². The normalized spacial score (nSPS) is 11.6. The molecule has 0 aliphatic carbocycles. The second-order valence-corrected chi connectivity index (χ2v) is 7.10. The number of pyridine rings is 1. The number of hydrogen-bond acceptors (Lipinski definition) is 3. The van der Waals surface area contributed by atoms with Crippen LogP contribution in [0.15, 0.2) is 45.9 Å². The summed E-state index contributed by atoms with van der Waals surface area (Å²) in [5, 5.41) is 0. The second-order valence-electron chi connectivity index (χ2n) is 4.51. The topological polar surface area (TPSA) is 59.1 Å². The van der Waals surface area contributed by atoms with Gasteiger partial charge in [-0.05, 0) is 65.2 Å². The van der Waals surface area contributed by atoms with Crippen LogP contribution in [0, 0.1) is 13.8 Å². The third-order valence-corrected chi connectivity index (χ3v) is 5.37. The first kappa shape index (κ1) is 15.2. The average molecular weight is 355 g/mol. The van der Waals surface area contributed by atoms with Crippen molar-refractivity contribution in [3.05, 3.63) is 57.8 Å². The Kier molecular flexibility index (Phi) is 4.57. The predicted molar refractivity (Wildman–Crippen MR) is 81.9 cm³/mol. The molecule has 1 heterocycles. The van der Waals surface area contributed by atoms with Gasteiger partial charge in [0, 0.05) is 10.7 Å². The smallest absolute Gasteiger partial charge is 0.242 e. The van der Waals surface area contributed by atoms with Crippen molar-refractivity contribution < 1.29 is 8.42 Å². The van der Waals surface area contributed by atoms with Crippen molar-refractivity contribution in [2.75, 3.05) is 0 Å². The minimum absolute atomic E-state index is 0.169. The van der Waals surface area contributed by atoms with E-state index in [1.165, 1.54) is 0 Å². The molecule has 2 aromatic rings. The molecule has 0 atom stereocenters. The minimum atomic E-state index is -3.57. The van der Waals surface area contributed by atoms with E-state index >= 15 is 0 Å². The second kappa shape index (κ2) is 6.03. The van der Waals surface area contributed by atoms with Crippen LogP contribution in [-0.4, -0.2) is 13.4 Å². The summed E-state index contributed by atoms with van der Waals surface area (Å²) in [6.45, 7) is 4.00. The van der Waals surface area contributed by atoms with E-state index in [1.54, 1.807) is 24.4 Å². The summed E-state index contributed by atoms with van der Waals surface area (Å²) in [6.07, 6.45) is 1.63. The molecule has 0 saturated carbocycles. The van der Waals surface area contributed by atoms with Gasteiger partial charge in [-0.2, -0.15) is 0 Å². The van der Waals surface area contributed by atoms with Crippen LogP contribution in [0.4, 0.5) is 0 Å². The fraction of sp³-hybridized carbons (Fsp3) is 0.214. The van der Waals surface area contributed by atoms with Crippen molar-refractivity contribution in [1.82, 2.24) is 9.71 Å². The van der Waals surface area contributed by atoms with Crippen molar-refractivity contribution in [2.24, 2.45) is 0 Å². The highest BCUT2D eigenvalue weighted by Crippen LogP contribution is 2.25. The highest BCUT2D eigenvalue weighted by atomic mass is 79.9. The van der Waals surface area contributed by atoms with Crippen LogP contribution in [0.1, 0.15) is 16.8 Å². The van der Waals surface area contributed by atoms with Crippen molar-refractivity contribution in [3.8, 4) is 0 Å². The summed E-state index contributed by atoms with van der Waals surface area (Å²) in [6, 6.07) is 8.86. The Morgan fingerprint density at radius 1 is 1.20 bits per heavy atom.